The second-order valence-corrected chi connectivity index (χ2v) is 6.91. The Hall–Kier alpha value is -1.88. The van der Waals surface area contributed by atoms with Crippen LogP contribution in [0.15, 0.2) is 30.3 Å². The monoisotopic (exact) mass is 332 g/mol. The van der Waals surface area contributed by atoms with Crippen molar-refractivity contribution in [1.82, 2.24) is 10.2 Å². The van der Waals surface area contributed by atoms with Gasteiger partial charge in [0.05, 0.1) is 0 Å². The first-order valence-electron chi connectivity index (χ1n) is 8.57. The lowest BCUT2D eigenvalue weighted by molar-refractivity contribution is -0.139. The zero-order chi connectivity index (χ0) is 17.7. The maximum atomic E-state index is 13.0. The van der Waals surface area contributed by atoms with Crippen molar-refractivity contribution in [3.63, 3.8) is 0 Å². The van der Waals surface area contributed by atoms with E-state index >= 15 is 0 Å². The molecule has 0 saturated carbocycles. The highest BCUT2D eigenvalue weighted by Gasteiger charge is 2.37. The summed E-state index contributed by atoms with van der Waals surface area (Å²) in [5.74, 6) is 0.130. The number of nitrogens with zero attached hydrogens (tertiary/aromatic N) is 1. The third-order valence-electron chi connectivity index (χ3n) is 4.65. The molecule has 3 atom stereocenters. The van der Waals surface area contributed by atoms with E-state index in [-0.39, 0.29) is 30.4 Å². The maximum absolute atomic E-state index is 13.0. The molecule has 0 radical (unpaired) electrons. The fraction of sp³-hybridized carbons (Fsp3) is 0.579. The summed E-state index contributed by atoms with van der Waals surface area (Å²) < 4.78 is 4.85. The molecule has 132 valence electrons. The van der Waals surface area contributed by atoms with Gasteiger partial charge in [-0.15, -0.1) is 0 Å². The second-order valence-electron chi connectivity index (χ2n) is 6.91. The molecule has 1 heterocycles. The molecule has 1 fully saturated rings. The van der Waals surface area contributed by atoms with Crippen LogP contribution in [0.4, 0.5) is 0 Å². The zero-order valence-electron chi connectivity index (χ0n) is 15.0. The minimum atomic E-state index is -0.510. The van der Waals surface area contributed by atoms with E-state index in [0.29, 0.717) is 12.5 Å². The molecule has 0 unspecified atom stereocenters. The minimum absolute atomic E-state index is 0.000356. The molecule has 1 aliphatic rings. The fourth-order valence-corrected chi connectivity index (χ4v) is 3.34. The molecular formula is C19H28N2O3. The number of methoxy groups -OCH3 is 1. The lowest BCUT2D eigenvalue weighted by Gasteiger charge is -2.29. The molecule has 1 aromatic carbocycles. The summed E-state index contributed by atoms with van der Waals surface area (Å²) in [5.41, 5.74) is 1.27. The quantitative estimate of drug-likeness (QED) is 0.869. The number of benzene rings is 1. The lowest BCUT2D eigenvalue weighted by atomic mass is 9.97. The van der Waals surface area contributed by atoms with Crippen LogP contribution in [0.3, 0.4) is 0 Å². The van der Waals surface area contributed by atoms with Gasteiger partial charge in [0.1, 0.15) is 12.6 Å². The van der Waals surface area contributed by atoms with E-state index in [1.807, 2.05) is 36.9 Å². The predicted molar refractivity (Wildman–Crippen MR) is 93.6 cm³/mol. The molecule has 2 amide bonds. The minimum Gasteiger partial charge on any atom is -0.375 e. The molecule has 1 aliphatic heterocycles. The first-order chi connectivity index (χ1) is 11.4. The molecule has 1 aromatic rings. The van der Waals surface area contributed by atoms with Gasteiger partial charge in [0.2, 0.25) is 11.8 Å². The van der Waals surface area contributed by atoms with Crippen LogP contribution in [0.2, 0.25) is 0 Å². The van der Waals surface area contributed by atoms with Crippen molar-refractivity contribution in [3.05, 3.63) is 35.9 Å². The summed E-state index contributed by atoms with van der Waals surface area (Å²) in [7, 11) is 1.47. The topological polar surface area (TPSA) is 58.6 Å². The Morgan fingerprint density at radius 3 is 2.54 bits per heavy atom. The maximum Gasteiger partial charge on any atom is 0.246 e. The van der Waals surface area contributed by atoms with Crippen LogP contribution in [-0.4, -0.2) is 49.1 Å². The molecule has 5 heteroatoms. The molecule has 0 aliphatic carbocycles. The van der Waals surface area contributed by atoms with E-state index < -0.39 is 6.04 Å². The van der Waals surface area contributed by atoms with E-state index in [9.17, 15) is 9.59 Å². The molecular weight excluding hydrogens is 304 g/mol. The number of rotatable bonds is 6. The van der Waals surface area contributed by atoms with Gasteiger partial charge in [-0.1, -0.05) is 44.2 Å². The first kappa shape index (κ1) is 18.5. The number of carbonyl (C=O) groups excluding carboxylic acids is 2. The Labute approximate surface area is 144 Å². The Morgan fingerprint density at radius 2 is 1.96 bits per heavy atom. The highest BCUT2D eigenvalue weighted by Crippen LogP contribution is 2.32. The van der Waals surface area contributed by atoms with Gasteiger partial charge in [-0.25, -0.2) is 0 Å². The molecule has 0 bridgehead atoms. The van der Waals surface area contributed by atoms with Crippen molar-refractivity contribution >= 4 is 11.8 Å². The van der Waals surface area contributed by atoms with Crippen molar-refractivity contribution in [2.45, 2.75) is 45.2 Å². The Morgan fingerprint density at radius 1 is 1.29 bits per heavy atom. The highest BCUT2D eigenvalue weighted by atomic mass is 16.5. The number of likely N-dealkylation sites (tertiary alicyclic amines) is 1. The van der Waals surface area contributed by atoms with E-state index in [4.69, 9.17) is 4.74 Å². The lowest BCUT2D eigenvalue weighted by Crippen LogP contribution is -2.52. The SMILES string of the molecule is COCC(=O)N[C@H](C(=O)N1C[C@H](c2ccccc2)C[C@H]1C)C(C)C. The largest absolute Gasteiger partial charge is 0.375 e. The summed E-state index contributed by atoms with van der Waals surface area (Å²) in [6.45, 7) is 6.65. The summed E-state index contributed by atoms with van der Waals surface area (Å²) >= 11 is 0. The summed E-state index contributed by atoms with van der Waals surface area (Å²) in [6, 6.07) is 9.97. The number of amides is 2. The highest BCUT2D eigenvalue weighted by molar-refractivity contribution is 5.88. The summed E-state index contributed by atoms with van der Waals surface area (Å²) in [5, 5.41) is 2.81. The summed E-state index contributed by atoms with van der Waals surface area (Å²) in [4.78, 5) is 26.7. The molecule has 24 heavy (non-hydrogen) atoms. The van der Waals surface area contributed by atoms with Crippen molar-refractivity contribution in [2.75, 3.05) is 20.3 Å². The van der Waals surface area contributed by atoms with E-state index in [0.717, 1.165) is 6.42 Å². The van der Waals surface area contributed by atoms with Crippen LogP contribution in [0.5, 0.6) is 0 Å². The number of hydrogen-bond donors (Lipinski definition) is 1. The molecule has 1 N–H and O–H groups in total. The number of nitrogens with one attached hydrogen (secondary N) is 1. The number of carbonyl (C=O) groups is 2. The zero-order valence-corrected chi connectivity index (χ0v) is 15.0. The Bertz CT molecular complexity index is 559. The molecule has 0 aromatic heterocycles. The Balaban J connectivity index is 2.08. The van der Waals surface area contributed by atoms with Gasteiger partial charge >= 0.3 is 0 Å². The van der Waals surface area contributed by atoms with E-state index in [1.165, 1.54) is 12.7 Å². The van der Waals surface area contributed by atoms with Gasteiger partial charge in [0.15, 0.2) is 0 Å². The van der Waals surface area contributed by atoms with Gasteiger partial charge in [0, 0.05) is 25.6 Å². The van der Waals surface area contributed by atoms with Gasteiger partial charge in [0.25, 0.3) is 0 Å². The van der Waals surface area contributed by atoms with Crippen LogP contribution >= 0.6 is 0 Å². The van der Waals surface area contributed by atoms with Gasteiger partial charge in [-0.3, -0.25) is 9.59 Å². The van der Waals surface area contributed by atoms with Crippen LogP contribution in [0.25, 0.3) is 0 Å². The summed E-state index contributed by atoms with van der Waals surface area (Å²) in [6.07, 6.45) is 0.951. The third kappa shape index (κ3) is 4.35. The van der Waals surface area contributed by atoms with Crippen LogP contribution in [0.1, 0.15) is 38.7 Å². The second kappa shape index (κ2) is 8.29. The van der Waals surface area contributed by atoms with Crippen molar-refractivity contribution < 1.29 is 14.3 Å². The van der Waals surface area contributed by atoms with Crippen LogP contribution < -0.4 is 5.32 Å². The van der Waals surface area contributed by atoms with Crippen molar-refractivity contribution in [3.8, 4) is 0 Å². The average Bonchev–Trinajstić information content (AvgIpc) is 2.95. The van der Waals surface area contributed by atoms with Crippen molar-refractivity contribution in [1.29, 1.82) is 0 Å². The van der Waals surface area contributed by atoms with Gasteiger partial charge in [-0.2, -0.15) is 0 Å². The van der Waals surface area contributed by atoms with E-state index in [1.54, 1.807) is 0 Å². The normalized spacial score (nSPS) is 21.8. The van der Waals surface area contributed by atoms with Crippen molar-refractivity contribution in [2.24, 2.45) is 5.92 Å². The van der Waals surface area contributed by atoms with Crippen LogP contribution in [-0.2, 0) is 14.3 Å². The fourth-order valence-electron chi connectivity index (χ4n) is 3.34. The number of ether oxygens (including phenoxy) is 1. The standard InChI is InChI=1S/C19H28N2O3/c1-13(2)18(20-17(22)12-24-4)19(23)21-11-16(10-14(21)3)15-8-6-5-7-9-15/h5-9,13-14,16,18H,10-12H2,1-4H3,(H,20,22)/t14-,16-,18+/m1/s1. The van der Waals surface area contributed by atoms with Gasteiger partial charge in [-0.05, 0) is 24.8 Å². The van der Waals surface area contributed by atoms with Gasteiger partial charge < -0.3 is 15.0 Å². The third-order valence-corrected chi connectivity index (χ3v) is 4.65. The Kier molecular flexibility index (Phi) is 6.37. The number of hydrogen-bond acceptors (Lipinski definition) is 3. The molecule has 1 saturated heterocycles. The molecule has 5 nitrogen and oxygen atoms in total. The smallest absolute Gasteiger partial charge is 0.246 e. The molecule has 0 spiro atoms. The van der Waals surface area contributed by atoms with Crippen LogP contribution in [0, 0.1) is 5.92 Å². The molecule has 2 rings (SSSR count). The average molecular weight is 332 g/mol. The predicted octanol–water partition coefficient (Wildman–Crippen LogP) is 2.18. The van der Waals surface area contributed by atoms with E-state index in [2.05, 4.69) is 24.4 Å². The first-order valence-corrected chi connectivity index (χ1v) is 8.57.